The van der Waals surface area contributed by atoms with Crippen molar-refractivity contribution >= 4 is 0 Å². The van der Waals surface area contributed by atoms with E-state index in [1.54, 1.807) is 6.07 Å². The van der Waals surface area contributed by atoms with Crippen molar-refractivity contribution in [1.82, 2.24) is 5.32 Å². The number of halogens is 1. The third-order valence-corrected chi connectivity index (χ3v) is 3.05. The Morgan fingerprint density at radius 2 is 2.20 bits per heavy atom. The Hall–Kier alpha value is -0.890. The highest BCUT2D eigenvalue weighted by atomic mass is 19.1. The fourth-order valence-corrected chi connectivity index (χ4v) is 1.79. The van der Waals surface area contributed by atoms with Gasteiger partial charge in [-0.2, -0.15) is 0 Å². The molecule has 0 unspecified atom stereocenters. The molecule has 2 rings (SSSR count). The highest BCUT2D eigenvalue weighted by molar-refractivity contribution is 5.26. The van der Waals surface area contributed by atoms with Crippen LogP contribution in [0.4, 0.5) is 4.39 Å². The third kappa shape index (κ3) is 3.31. The summed E-state index contributed by atoms with van der Waals surface area (Å²) in [5, 5.41) is 3.41. The minimum absolute atomic E-state index is 0.144. The molecule has 0 bridgehead atoms. The predicted molar refractivity (Wildman–Crippen MR) is 60.2 cm³/mol. The fraction of sp³-hybridized carbons (Fsp3) is 0.538. The topological polar surface area (TPSA) is 12.0 Å². The van der Waals surface area contributed by atoms with Crippen LogP contribution < -0.4 is 5.32 Å². The van der Waals surface area contributed by atoms with Gasteiger partial charge in [0.1, 0.15) is 5.82 Å². The SMILES string of the molecule is Cc1cc(F)ccc1CNCCC1CC1. The normalized spacial score (nSPS) is 15.6. The molecular weight excluding hydrogens is 189 g/mol. The van der Waals surface area contributed by atoms with Gasteiger partial charge in [0.25, 0.3) is 0 Å². The van der Waals surface area contributed by atoms with Gasteiger partial charge < -0.3 is 5.32 Å². The van der Waals surface area contributed by atoms with Gasteiger partial charge in [-0.1, -0.05) is 18.9 Å². The Bertz CT molecular complexity index is 331. The number of hydrogen-bond donors (Lipinski definition) is 1. The monoisotopic (exact) mass is 207 g/mol. The van der Waals surface area contributed by atoms with Crippen molar-refractivity contribution in [2.45, 2.75) is 32.7 Å². The molecule has 0 aliphatic heterocycles. The minimum Gasteiger partial charge on any atom is -0.313 e. The van der Waals surface area contributed by atoms with Crippen LogP contribution in [0.15, 0.2) is 18.2 Å². The lowest BCUT2D eigenvalue weighted by Crippen LogP contribution is -2.15. The zero-order chi connectivity index (χ0) is 10.7. The first-order chi connectivity index (χ1) is 7.25. The van der Waals surface area contributed by atoms with Crippen LogP contribution in [-0.4, -0.2) is 6.54 Å². The summed E-state index contributed by atoms with van der Waals surface area (Å²) < 4.78 is 12.8. The first kappa shape index (κ1) is 10.6. The molecule has 1 aromatic carbocycles. The molecule has 0 saturated heterocycles. The molecule has 1 aromatic rings. The second-order valence-corrected chi connectivity index (χ2v) is 4.48. The maximum atomic E-state index is 12.8. The largest absolute Gasteiger partial charge is 0.313 e. The maximum absolute atomic E-state index is 12.8. The van der Waals surface area contributed by atoms with Crippen LogP contribution in [0.1, 0.15) is 30.4 Å². The lowest BCUT2D eigenvalue weighted by molar-refractivity contribution is 0.606. The maximum Gasteiger partial charge on any atom is 0.123 e. The van der Waals surface area contributed by atoms with Gasteiger partial charge in [0.05, 0.1) is 0 Å². The summed E-state index contributed by atoms with van der Waals surface area (Å²) in [4.78, 5) is 0. The summed E-state index contributed by atoms with van der Waals surface area (Å²) in [5.74, 6) is 0.834. The van der Waals surface area contributed by atoms with E-state index in [9.17, 15) is 4.39 Å². The van der Waals surface area contributed by atoms with Gasteiger partial charge in [-0.25, -0.2) is 4.39 Å². The molecule has 0 spiro atoms. The summed E-state index contributed by atoms with van der Waals surface area (Å²) in [6, 6.07) is 5.00. The van der Waals surface area contributed by atoms with Gasteiger partial charge in [-0.15, -0.1) is 0 Å². The standard InChI is InChI=1S/C13H18FN/c1-10-8-13(14)5-4-12(10)9-15-7-6-11-2-3-11/h4-5,8,11,15H,2-3,6-7,9H2,1H3. The Balaban J connectivity index is 1.76. The molecule has 0 heterocycles. The first-order valence-electron chi connectivity index (χ1n) is 5.71. The molecular formula is C13H18FN. The number of aryl methyl sites for hydroxylation is 1. The van der Waals surface area contributed by atoms with E-state index in [2.05, 4.69) is 5.32 Å². The van der Waals surface area contributed by atoms with Crippen molar-refractivity contribution in [3.63, 3.8) is 0 Å². The highest BCUT2D eigenvalue weighted by Gasteiger charge is 2.19. The molecule has 1 aliphatic rings. The van der Waals surface area contributed by atoms with Crippen LogP contribution in [0, 0.1) is 18.7 Å². The van der Waals surface area contributed by atoms with Crippen molar-refractivity contribution in [1.29, 1.82) is 0 Å². The van der Waals surface area contributed by atoms with Gasteiger partial charge in [-0.3, -0.25) is 0 Å². The van der Waals surface area contributed by atoms with Crippen LogP contribution in [-0.2, 0) is 6.54 Å². The van der Waals surface area contributed by atoms with E-state index < -0.39 is 0 Å². The van der Waals surface area contributed by atoms with Gasteiger partial charge in [0, 0.05) is 6.54 Å². The van der Waals surface area contributed by atoms with Crippen LogP contribution in [0.2, 0.25) is 0 Å². The average molecular weight is 207 g/mol. The molecule has 1 N–H and O–H groups in total. The fourth-order valence-electron chi connectivity index (χ4n) is 1.79. The number of rotatable bonds is 5. The summed E-state index contributed by atoms with van der Waals surface area (Å²) in [6.45, 7) is 3.90. The van der Waals surface area contributed by atoms with E-state index >= 15 is 0 Å². The summed E-state index contributed by atoms with van der Waals surface area (Å²) in [7, 11) is 0. The predicted octanol–water partition coefficient (Wildman–Crippen LogP) is 3.02. The van der Waals surface area contributed by atoms with Crippen molar-refractivity contribution < 1.29 is 4.39 Å². The van der Waals surface area contributed by atoms with Crippen molar-refractivity contribution in [2.24, 2.45) is 5.92 Å². The van der Waals surface area contributed by atoms with Crippen molar-refractivity contribution in [3.05, 3.63) is 35.1 Å². The average Bonchev–Trinajstić information content (AvgIpc) is 2.99. The summed E-state index contributed by atoms with van der Waals surface area (Å²) in [6.07, 6.45) is 4.12. The molecule has 1 fully saturated rings. The number of hydrogen-bond acceptors (Lipinski definition) is 1. The minimum atomic E-state index is -0.144. The summed E-state index contributed by atoms with van der Waals surface area (Å²) >= 11 is 0. The van der Waals surface area contributed by atoms with Gasteiger partial charge in [0.2, 0.25) is 0 Å². The number of nitrogens with one attached hydrogen (secondary N) is 1. The van der Waals surface area contributed by atoms with Crippen LogP contribution >= 0.6 is 0 Å². The third-order valence-electron chi connectivity index (χ3n) is 3.05. The molecule has 1 nitrogen and oxygen atoms in total. The van der Waals surface area contributed by atoms with E-state index in [4.69, 9.17) is 0 Å². The molecule has 2 heteroatoms. The van der Waals surface area contributed by atoms with E-state index in [1.165, 1.54) is 30.9 Å². The van der Waals surface area contributed by atoms with Gasteiger partial charge >= 0.3 is 0 Å². The molecule has 1 aliphatic carbocycles. The Morgan fingerprint density at radius 1 is 1.40 bits per heavy atom. The van der Waals surface area contributed by atoms with E-state index in [0.717, 1.165) is 24.6 Å². The van der Waals surface area contributed by atoms with Gasteiger partial charge in [-0.05, 0) is 49.1 Å². The van der Waals surface area contributed by atoms with Crippen molar-refractivity contribution in [2.75, 3.05) is 6.54 Å². The molecule has 82 valence electrons. The van der Waals surface area contributed by atoms with E-state index in [-0.39, 0.29) is 5.82 Å². The van der Waals surface area contributed by atoms with Gasteiger partial charge in [0.15, 0.2) is 0 Å². The van der Waals surface area contributed by atoms with Crippen molar-refractivity contribution in [3.8, 4) is 0 Å². The summed E-state index contributed by atoms with van der Waals surface area (Å²) in [5.41, 5.74) is 2.24. The zero-order valence-electron chi connectivity index (χ0n) is 9.22. The van der Waals surface area contributed by atoms with Crippen LogP contribution in [0.5, 0.6) is 0 Å². The first-order valence-corrected chi connectivity index (χ1v) is 5.71. The Labute approximate surface area is 90.7 Å². The van der Waals surface area contributed by atoms with Crippen LogP contribution in [0.3, 0.4) is 0 Å². The van der Waals surface area contributed by atoms with Crippen LogP contribution in [0.25, 0.3) is 0 Å². The Kier molecular flexibility index (Phi) is 3.37. The van der Waals surface area contributed by atoms with E-state index in [0.29, 0.717) is 0 Å². The molecule has 0 radical (unpaired) electrons. The molecule has 0 atom stereocenters. The smallest absolute Gasteiger partial charge is 0.123 e. The molecule has 1 saturated carbocycles. The Morgan fingerprint density at radius 3 is 2.87 bits per heavy atom. The zero-order valence-corrected chi connectivity index (χ0v) is 9.22. The van der Waals surface area contributed by atoms with E-state index in [1.807, 2.05) is 13.0 Å². The second-order valence-electron chi connectivity index (χ2n) is 4.48. The molecule has 0 amide bonds. The lowest BCUT2D eigenvalue weighted by atomic mass is 10.1. The lowest BCUT2D eigenvalue weighted by Gasteiger charge is -2.07. The highest BCUT2D eigenvalue weighted by Crippen LogP contribution is 2.31. The molecule has 15 heavy (non-hydrogen) atoms. The number of benzene rings is 1. The second kappa shape index (κ2) is 4.75. The quantitative estimate of drug-likeness (QED) is 0.732. The molecule has 0 aromatic heterocycles.